The summed E-state index contributed by atoms with van der Waals surface area (Å²) in [6.07, 6.45) is 5.27. The first-order valence-electron chi connectivity index (χ1n) is 7.64. The van der Waals surface area contributed by atoms with Gasteiger partial charge in [0.1, 0.15) is 11.6 Å². The van der Waals surface area contributed by atoms with Crippen molar-refractivity contribution in [3.63, 3.8) is 0 Å². The third-order valence-electron chi connectivity index (χ3n) is 3.83. The molecule has 21 heavy (non-hydrogen) atoms. The number of aryl methyl sites for hydroxylation is 1. The largest absolute Gasteiger partial charge is 0.370 e. The van der Waals surface area contributed by atoms with Crippen LogP contribution in [-0.4, -0.2) is 16.5 Å². The summed E-state index contributed by atoms with van der Waals surface area (Å²) in [4.78, 5) is 9.56. The first kappa shape index (κ1) is 14.5. The summed E-state index contributed by atoms with van der Waals surface area (Å²) in [5.41, 5.74) is 3.81. The quantitative estimate of drug-likeness (QED) is 0.884. The van der Waals surface area contributed by atoms with Gasteiger partial charge in [-0.15, -0.1) is 0 Å². The molecule has 0 radical (unpaired) electrons. The number of fused-ring (bicyclic) bond motifs is 1. The number of hydrogen-bond acceptors (Lipinski definition) is 3. The normalized spacial score (nSPS) is 13.2. The molecule has 0 aliphatic heterocycles. The van der Waals surface area contributed by atoms with E-state index >= 15 is 0 Å². The Kier molecular flexibility index (Phi) is 4.54. The molecule has 0 fully saturated rings. The van der Waals surface area contributed by atoms with Gasteiger partial charge in [0.2, 0.25) is 0 Å². The molecule has 4 heteroatoms. The second-order valence-corrected chi connectivity index (χ2v) is 6.32. The van der Waals surface area contributed by atoms with E-state index in [9.17, 15) is 0 Å². The molecule has 1 aromatic carbocycles. The van der Waals surface area contributed by atoms with E-state index in [1.165, 1.54) is 23.2 Å². The molecular formula is C17H20BrN3. The number of halogens is 1. The van der Waals surface area contributed by atoms with Crippen LogP contribution in [0.1, 0.15) is 42.4 Å². The van der Waals surface area contributed by atoms with Crippen molar-refractivity contribution in [2.24, 2.45) is 0 Å². The Morgan fingerprint density at radius 2 is 2.05 bits per heavy atom. The van der Waals surface area contributed by atoms with Gasteiger partial charge in [0.05, 0.1) is 0 Å². The Morgan fingerprint density at radius 1 is 1.19 bits per heavy atom. The zero-order valence-corrected chi connectivity index (χ0v) is 13.9. The third kappa shape index (κ3) is 3.26. The lowest BCUT2D eigenvalue weighted by Gasteiger charge is -2.12. The molecule has 110 valence electrons. The molecular weight excluding hydrogens is 326 g/mol. The second-order valence-electron chi connectivity index (χ2n) is 5.46. The van der Waals surface area contributed by atoms with Crippen LogP contribution in [0.15, 0.2) is 28.7 Å². The zero-order chi connectivity index (χ0) is 14.7. The standard InChI is InChI=1S/C17H20BrN3/c1-2-10-19-17-13-7-5-9-15(13)20-16(21-17)11-12-6-3-4-8-14(12)18/h3-4,6,8H,2,5,7,9-11H2,1H3,(H,19,20,21). The van der Waals surface area contributed by atoms with E-state index in [0.29, 0.717) is 0 Å². The van der Waals surface area contributed by atoms with Crippen LogP contribution in [0.3, 0.4) is 0 Å². The third-order valence-corrected chi connectivity index (χ3v) is 4.60. The first-order valence-corrected chi connectivity index (χ1v) is 8.43. The van der Waals surface area contributed by atoms with Crippen molar-refractivity contribution in [2.75, 3.05) is 11.9 Å². The minimum Gasteiger partial charge on any atom is -0.370 e. The number of nitrogens with zero attached hydrogens (tertiary/aromatic N) is 2. The summed E-state index contributed by atoms with van der Waals surface area (Å²) in [6, 6.07) is 8.29. The van der Waals surface area contributed by atoms with Gasteiger partial charge in [-0.2, -0.15) is 0 Å². The van der Waals surface area contributed by atoms with Gasteiger partial charge in [-0.05, 0) is 37.3 Å². The van der Waals surface area contributed by atoms with E-state index in [1.807, 2.05) is 6.07 Å². The maximum Gasteiger partial charge on any atom is 0.135 e. The first-order chi connectivity index (χ1) is 10.3. The minimum absolute atomic E-state index is 0.773. The van der Waals surface area contributed by atoms with Gasteiger partial charge in [-0.1, -0.05) is 41.1 Å². The highest BCUT2D eigenvalue weighted by atomic mass is 79.9. The molecule has 0 atom stereocenters. The smallest absolute Gasteiger partial charge is 0.135 e. The predicted molar refractivity (Wildman–Crippen MR) is 89.8 cm³/mol. The molecule has 0 bridgehead atoms. The van der Waals surface area contributed by atoms with Crippen LogP contribution in [0.25, 0.3) is 0 Å². The van der Waals surface area contributed by atoms with Gasteiger partial charge < -0.3 is 5.32 Å². The molecule has 1 aliphatic carbocycles. The fourth-order valence-electron chi connectivity index (χ4n) is 2.76. The van der Waals surface area contributed by atoms with Crippen LogP contribution >= 0.6 is 15.9 Å². The molecule has 0 amide bonds. The Hall–Kier alpha value is -1.42. The fraction of sp³-hybridized carbons (Fsp3) is 0.412. The number of rotatable bonds is 5. The monoisotopic (exact) mass is 345 g/mol. The molecule has 1 heterocycles. The van der Waals surface area contributed by atoms with Gasteiger partial charge in [0, 0.05) is 28.7 Å². The number of aromatic nitrogens is 2. The van der Waals surface area contributed by atoms with Crippen molar-refractivity contribution < 1.29 is 0 Å². The summed E-state index contributed by atoms with van der Waals surface area (Å²) in [5, 5.41) is 3.47. The Bertz CT molecular complexity index is 640. The molecule has 1 aliphatic rings. The van der Waals surface area contributed by atoms with Crippen molar-refractivity contribution >= 4 is 21.7 Å². The number of nitrogens with one attached hydrogen (secondary N) is 1. The van der Waals surface area contributed by atoms with Crippen molar-refractivity contribution in [2.45, 2.75) is 39.0 Å². The van der Waals surface area contributed by atoms with Crippen LogP contribution in [0, 0.1) is 0 Å². The second kappa shape index (κ2) is 6.56. The summed E-state index contributed by atoms with van der Waals surface area (Å²) < 4.78 is 1.12. The predicted octanol–water partition coefficient (Wildman–Crippen LogP) is 4.14. The van der Waals surface area contributed by atoms with E-state index in [4.69, 9.17) is 9.97 Å². The Labute approximate surface area is 134 Å². The highest BCUT2D eigenvalue weighted by Gasteiger charge is 2.19. The maximum atomic E-state index is 4.79. The Balaban J connectivity index is 1.90. The molecule has 0 unspecified atom stereocenters. The van der Waals surface area contributed by atoms with Crippen molar-refractivity contribution in [3.8, 4) is 0 Å². The number of benzene rings is 1. The lowest BCUT2D eigenvalue weighted by atomic mass is 10.1. The molecule has 1 aromatic heterocycles. The van der Waals surface area contributed by atoms with Gasteiger partial charge in [0.25, 0.3) is 0 Å². The summed E-state index contributed by atoms with van der Waals surface area (Å²) in [5.74, 6) is 1.97. The SMILES string of the molecule is CCCNc1nc(Cc2ccccc2Br)nc2c1CCC2. The van der Waals surface area contributed by atoms with Gasteiger partial charge in [-0.25, -0.2) is 9.97 Å². The highest BCUT2D eigenvalue weighted by molar-refractivity contribution is 9.10. The fourth-order valence-corrected chi connectivity index (χ4v) is 3.19. The zero-order valence-electron chi connectivity index (χ0n) is 12.3. The molecule has 0 saturated carbocycles. The lowest BCUT2D eigenvalue weighted by Crippen LogP contribution is -2.10. The van der Waals surface area contributed by atoms with Crippen molar-refractivity contribution in [3.05, 3.63) is 51.4 Å². The highest BCUT2D eigenvalue weighted by Crippen LogP contribution is 2.27. The average molecular weight is 346 g/mol. The molecule has 2 aromatic rings. The molecule has 3 nitrogen and oxygen atoms in total. The van der Waals surface area contributed by atoms with E-state index in [-0.39, 0.29) is 0 Å². The van der Waals surface area contributed by atoms with Gasteiger partial charge >= 0.3 is 0 Å². The van der Waals surface area contributed by atoms with Crippen LogP contribution in [0.4, 0.5) is 5.82 Å². The molecule has 0 spiro atoms. The topological polar surface area (TPSA) is 37.8 Å². The summed E-state index contributed by atoms with van der Waals surface area (Å²) >= 11 is 3.61. The van der Waals surface area contributed by atoms with Crippen LogP contribution < -0.4 is 5.32 Å². The van der Waals surface area contributed by atoms with Crippen molar-refractivity contribution in [1.82, 2.24) is 9.97 Å². The maximum absolute atomic E-state index is 4.79. The minimum atomic E-state index is 0.773. The van der Waals surface area contributed by atoms with E-state index in [1.54, 1.807) is 0 Å². The van der Waals surface area contributed by atoms with E-state index in [2.05, 4.69) is 46.4 Å². The summed E-state index contributed by atoms with van der Waals surface area (Å²) in [7, 11) is 0. The summed E-state index contributed by atoms with van der Waals surface area (Å²) in [6.45, 7) is 3.15. The molecule has 3 rings (SSSR count). The van der Waals surface area contributed by atoms with E-state index < -0.39 is 0 Å². The van der Waals surface area contributed by atoms with Crippen LogP contribution in [-0.2, 0) is 19.3 Å². The van der Waals surface area contributed by atoms with Crippen LogP contribution in [0.5, 0.6) is 0 Å². The molecule has 1 N–H and O–H groups in total. The lowest BCUT2D eigenvalue weighted by molar-refractivity contribution is 0.883. The Morgan fingerprint density at radius 3 is 2.86 bits per heavy atom. The van der Waals surface area contributed by atoms with Gasteiger partial charge in [0.15, 0.2) is 0 Å². The van der Waals surface area contributed by atoms with Gasteiger partial charge in [-0.3, -0.25) is 0 Å². The van der Waals surface area contributed by atoms with Crippen LogP contribution in [0.2, 0.25) is 0 Å². The number of anilines is 1. The average Bonchev–Trinajstić information content (AvgIpc) is 2.95. The van der Waals surface area contributed by atoms with Crippen molar-refractivity contribution in [1.29, 1.82) is 0 Å². The number of hydrogen-bond donors (Lipinski definition) is 1. The molecule has 0 saturated heterocycles. The van der Waals surface area contributed by atoms with E-state index in [0.717, 1.165) is 48.3 Å².